The van der Waals surface area contributed by atoms with E-state index in [1.807, 2.05) is 26.8 Å². The molecule has 0 radical (unpaired) electrons. The highest BCUT2D eigenvalue weighted by Gasteiger charge is 2.23. The molecule has 1 N–H and O–H groups in total. The molecule has 4 nitrogen and oxygen atoms in total. The van der Waals surface area contributed by atoms with Gasteiger partial charge in [-0.2, -0.15) is 0 Å². The number of halogens is 1. The molecule has 1 amide bonds. The van der Waals surface area contributed by atoms with Crippen molar-refractivity contribution >= 4 is 6.09 Å². The third-order valence-electron chi connectivity index (χ3n) is 3.60. The highest BCUT2D eigenvalue weighted by molar-refractivity contribution is 5.68. The molecular weight excluding hydrogens is 283 g/mol. The Bertz CT molecular complexity index is 506. The largest absolute Gasteiger partial charge is 0.444 e. The number of carbonyl (C=O) groups excluding carboxylic acids is 1. The maximum atomic E-state index is 13.2. The lowest BCUT2D eigenvalue weighted by molar-refractivity contribution is 0.0477. The van der Waals surface area contributed by atoms with Crippen LogP contribution in [0.3, 0.4) is 0 Å². The normalized spacial score (nSPS) is 17.3. The molecule has 0 spiro atoms. The van der Waals surface area contributed by atoms with E-state index in [9.17, 15) is 9.18 Å². The molecule has 122 valence electrons. The zero-order valence-corrected chi connectivity index (χ0v) is 13.6. The molecule has 0 aliphatic carbocycles. The summed E-state index contributed by atoms with van der Waals surface area (Å²) in [7, 11) is 0. The fraction of sp³-hybridized carbons (Fsp3) is 0.588. The van der Waals surface area contributed by atoms with Crippen LogP contribution in [-0.2, 0) is 11.3 Å². The number of benzene rings is 1. The predicted molar refractivity (Wildman–Crippen MR) is 84.1 cm³/mol. The van der Waals surface area contributed by atoms with Crippen LogP contribution in [0.2, 0.25) is 0 Å². The Hall–Kier alpha value is -1.62. The van der Waals surface area contributed by atoms with E-state index in [2.05, 4.69) is 10.2 Å². The van der Waals surface area contributed by atoms with Crippen LogP contribution in [0.5, 0.6) is 0 Å². The van der Waals surface area contributed by atoms with Gasteiger partial charge in [0.05, 0.1) is 0 Å². The molecule has 5 heteroatoms. The Balaban J connectivity index is 1.75. The number of nitrogens with one attached hydrogen (secondary N) is 1. The van der Waals surface area contributed by atoms with E-state index in [-0.39, 0.29) is 18.0 Å². The number of amides is 1. The molecule has 0 bridgehead atoms. The van der Waals surface area contributed by atoms with Crippen molar-refractivity contribution < 1.29 is 13.9 Å². The van der Waals surface area contributed by atoms with Crippen LogP contribution < -0.4 is 5.32 Å². The summed E-state index contributed by atoms with van der Waals surface area (Å²) < 4.78 is 18.5. The van der Waals surface area contributed by atoms with Crippen LogP contribution in [0.4, 0.5) is 9.18 Å². The second-order valence-corrected chi connectivity index (χ2v) is 6.83. The number of ether oxygens (including phenoxy) is 1. The first-order valence-electron chi connectivity index (χ1n) is 7.78. The standard InChI is InChI=1S/C17H25FN2O2/c1-17(2,3)22-16(21)19-15-7-9-20(10-8-15)12-13-5-4-6-14(18)11-13/h4-6,11,15H,7-10,12H2,1-3H3,(H,19,21). The molecule has 1 saturated heterocycles. The Morgan fingerprint density at radius 3 is 2.64 bits per heavy atom. The van der Waals surface area contributed by atoms with Crippen LogP contribution in [0.1, 0.15) is 39.2 Å². The molecule has 1 aliphatic rings. The number of rotatable bonds is 3. The molecule has 1 aromatic rings. The summed E-state index contributed by atoms with van der Waals surface area (Å²) in [6, 6.07) is 6.86. The highest BCUT2D eigenvalue weighted by Crippen LogP contribution is 2.15. The third kappa shape index (κ3) is 5.64. The van der Waals surface area contributed by atoms with Gasteiger partial charge in [-0.05, 0) is 51.3 Å². The van der Waals surface area contributed by atoms with Gasteiger partial charge in [-0.3, -0.25) is 4.90 Å². The van der Waals surface area contributed by atoms with Gasteiger partial charge < -0.3 is 10.1 Å². The van der Waals surface area contributed by atoms with Crippen molar-refractivity contribution in [1.29, 1.82) is 0 Å². The zero-order chi connectivity index (χ0) is 16.2. The summed E-state index contributed by atoms with van der Waals surface area (Å²) in [6.07, 6.45) is 1.42. The molecule has 0 aromatic heterocycles. The van der Waals surface area contributed by atoms with Gasteiger partial charge in [0.25, 0.3) is 0 Å². The lowest BCUT2D eigenvalue weighted by Crippen LogP contribution is -2.45. The van der Waals surface area contributed by atoms with Gasteiger partial charge in [-0.15, -0.1) is 0 Å². The number of carbonyl (C=O) groups is 1. The van der Waals surface area contributed by atoms with Crippen molar-refractivity contribution in [2.24, 2.45) is 0 Å². The maximum Gasteiger partial charge on any atom is 0.407 e. The average molecular weight is 308 g/mol. The summed E-state index contributed by atoms with van der Waals surface area (Å²) in [6.45, 7) is 8.08. The summed E-state index contributed by atoms with van der Waals surface area (Å²) in [5, 5.41) is 2.92. The van der Waals surface area contributed by atoms with Crippen molar-refractivity contribution in [3.05, 3.63) is 35.6 Å². The number of likely N-dealkylation sites (tertiary alicyclic amines) is 1. The van der Waals surface area contributed by atoms with E-state index < -0.39 is 5.60 Å². The molecule has 1 aromatic carbocycles. The molecule has 22 heavy (non-hydrogen) atoms. The first-order chi connectivity index (χ1) is 10.3. The molecule has 1 fully saturated rings. The van der Waals surface area contributed by atoms with Crippen LogP contribution in [0.25, 0.3) is 0 Å². The van der Waals surface area contributed by atoms with Crippen molar-refractivity contribution in [2.45, 2.75) is 51.8 Å². The topological polar surface area (TPSA) is 41.6 Å². The zero-order valence-electron chi connectivity index (χ0n) is 13.6. The van der Waals surface area contributed by atoms with Gasteiger partial charge in [0.15, 0.2) is 0 Å². The molecule has 1 heterocycles. The number of alkyl carbamates (subject to hydrolysis) is 1. The number of piperidine rings is 1. The average Bonchev–Trinajstić information content (AvgIpc) is 2.39. The quantitative estimate of drug-likeness (QED) is 0.931. The lowest BCUT2D eigenvalue weighted by atomic mass is 10.0. The first-order valence-corrected chi connectivity index (χ1v) is 7.78. The minimum absolute atomic E-state index is 0.151. The molecule has 2 rings (SSSR count). The van der Waals surface area contributed by atoms with Crippen LogP contribution in [0, 0.1) is 5.82 Å². The van der Waals surface area contributed by atoms with Gasteiger partial charge in [-0.25, -0.2) is 9.18 Å². The Labute approximate surface area is 131 Å². The summed E-state index contributed by atoms with van der Waals surface area (Å²) in [5.74, 6) is -0.195. The smallest absolute Gasteiger partial charge is 0.407 e. The van der Waals surface area contributed by atoms with Crippen LogP contribution >= 0.6 is 0 Å². The summed E-state index contributed by atoms with van der Waals surface area (Å²) >= 11 is 0. The second-order valence-electron chi connectivity index (χ2n) is 6.83. The predicted octanol–water partition coefficient (Wildman–Crippen LogP) is 3.31. The minimum Gasteiger partial charge on any atom is -0.444 e. The Morgan fingerprint density at radius 1 is 1.36 bits per heavy atom. The fourth-order valence-electron chi connectivity index (χ4n) is 2.60. The van der Waals surface area contributed by atoms with Gasteiger partial charge in [0.2, 0.25) is 0 Å². The van der Waals surface area contributed by atoms with Crippen molar-refractivity contribution in [2.75, 3.05) is 13.1 Å². The Kier molecular flexibility index (Phi) is 5.40. The number of nitrogens with zero attached hydrogens (tertiary/aromatic N) is 1. The number of hydrogen-bond donors (Lipinski definition) is 1. The molecule has 0 unspecified atom stereocenters. The van der Waals surface area contributed by atoms with Crippen molar-refractivity contribution in [1.82, 2.24) is 10.2 Å². The summed E-state index contributed by atoms with van der Waals surface area (Å²) in [5.41, 5.74) is 0.515. The fourth-order valence-corrected chi connectivity index (χ4v) is 2.60. The van der Waals surface area contributed by atoms with Crippen molar-refractivity contribution in [3.8, 4) is 0 Å². The van der Waals surface area contributed by atoms with E-state index in [0.717, 1.165) is 38.0 Å². The monoisotopic (exact) mass is 308 g/mol. The molecular formula is C17H25FN2O2. The van der Waals surface area contributed by atoms with Gasteiger partial charge >= 0.3 is 6.09 Å². The highest BCUT2D eigenvalue weighted by atomic mass is 19.1. The van der Waals surface area contributed by atoms with E-state index in [1.54, 1.807) is 12.1 Å². The van der Waals surface area contributed by atoms with E-state index in [0.29, 0.717) is 0 Å². The number of hydrogen-bond acceptors (Lipinski definition) is 3. The van der Waals surface area contributed by atoms with Gasteiger partial charge in [-0.1, -0.05) is 12.1 Å². The van der Waals surface area contributed by atoms with Gasteiger partial charge in [0, 0.05) is 25.7 Å². The van der Waals surface area contributed by atoms with E-state index in [4.69, 9.17) is 4.74 Å². The van der Waals surface area contributed by atoms with E-state index >= 15 is 0 Å². The molecule has 1 aliphatic heterocycles. The Morgan fingerprint density at radius 2 is 2.05 bits per heavy atom. The van der Waals surface area contributed by atoms with Crippen LogP contribution in [-0.4, -0.2) is 35.7 Å². The summed E-state index contributed by atoms with van der Waals surface area (Å²) in [4.78, 5) is 14.0. The third-order valence-corrected chi connectivity index (χ3v) is 3.60. The molecule has 0 atom stereocenters. The van der Waals surface area contributed by atoms with Crippen LogP contribution in [0.15, 0.2) is 24.3 Å². The maximum absolute atomic E-state index is 13.2. The lowest BCUT2D eigenvalue weighted by Gasteiger charge is -2.32. The molecule has 0 saturated carbocycles. The SMILES string of the molecule is CC(C)(C)OC(=O)NC1CCN(Cc2cccc(F)c2)CC1. The van der Waals surface area contributed by atoms with Crippen molar-refractivity contribution in [3.63, 3.8) is 0 Å². The first kappa shape index (κ1) is 16.7. The second kappa shape index (κ2) is 7.09. The van der Waals surface area contributed by atoms with E-state index in [1.165, 1.54) is 6.07 Å². The van der Waals surface area contributed by atoms with Gasteiger partial charge in [0.1, 0.15) is 11.4 Å². The minimum atomic E-state index is -0.470.